The molecule has 1 N–H and O–H groups in total. The SMILES string of the molecule is c1cc(C2CCC2)nc(CC2CCCN2)n1. The first-order valence-electron chi connectivity index (χ1n) is 6.47. The first-order valence-corrected chi connectivity index (χ1v) is 6.47. The lowest BCUT2D eigenvalue weighted by molar-refractivity contribution is 0.408. The number of aromatic nitrogens is 2. The monoisotopic (exact) mass is 217 g/mol. The summed E-state index contributed by atoms with van der Waals surface area (Å²) in [7, 11) is 0. The van der Waals surface area contributed by atoms with E-state index in [1.165, 1.54) is 37.8 Å². The van der Waals surface area contributed by atoms with Gasteiger partial charge < -0.3 is 5.32 Å². The Labute approximate surface area is 96.7 Å². The zero-order chi connectivity index (χ0) is 10.8. The molecular weight excluding hydrogens is 198 g/mol. The highest BCUT2D eigenvalue weighted by molar-refractivity contribution is 5.11. The van der Waals surface area contributed by atoms with Crippen LogP contribution in [0.25, 0.3) is 0 Å². The lowest BCUT2D eigenvalue weighted by atomic mass is 9.83. The number of nitrogens with zero attached hydrogens (tertiary/aromatic N) is 2. The molecule has 2 heterocycles. The largest absolute Gasteiger partial charge is 0.314 e. The van der Waals surface area contributed by atoms with Crippen molar-refractivity contribution in [3.05, 3.63) is 23.8 Å². The van der Waals surface area contributed by atoms with Crippen molar-refractivity contribution in [3.63, 3.8) is 0 Å². The summed E-state index contributed by atoms with van der Waals surface area (Å²) in [6, 6.07) is 2.70. The Morgan fingerprint density at radius 1 is 1.25 bits per heavy atom. The lowest BCUT2D eigenvalue weighted by Gasteiger charge is -2.24. The van der Waals surface area contributed by atoms with E-state index in [2.05, 4.69) is 16.4 Å². The van der Waals surface area contributed by atoms with Crippen LogP contribution in [0.5, 0.6) is 0 Å². The predicted molar refractivity (Wildman–Crippen MR) is 63.4 cm³/mol. The van der Waals surface area contributed by atoms with E-state index in [1.807, 2.05) is 6.20 Å². The summed E-state index contributed by atoms with van der Waals surface area (Å²) in [6.45, 7) is 1.16. The van der Waals surface area contributed by atoms with Gasteiger partial charge in [-0.05, 0) is 38.3 Å². The van der Waals surface area contributed by atoms with E-state index in [0.29, 0.717) is 6.04 Å². The van der Waals surface area contributed by atoms with E-state index in [1.54, 1.807) is 0 Å². The average Bonchev–Trinajstić information content (AvgIpc) is 2.68. The third-order valence-corrected chi connectivity index (χ3v) is 3.84. The van der Waals surface area contributed by atoms with Gasteiger partial charge in [-0.1, -0.05) is 6.42 Å². The van der Waals surface area contributed by atoms with Crippen LogP contribution in [0.3, 0.4) is 0 Å². The van der Waals surface area contributed by atoms with Crippen LogP contribution in [-0.2, 0) is 6.42 Å². The average molecular weight is 217 g/mol. The maximum absolute atomic E-state index is 4.71. The highest BCUT2D eigenvalue weighted by atomic mass is 15.0. The normalized spacial score (nSPS) is 25.6. The van der Waals surface area contributed by atoms with Gasteiger partial charge in [0.05, 0.1) is 0 Å². The summed E-state index contributed by atoms with van der Waals surface area (Å²) in [4.78, 5) is 9.10. The quantitative estimate of drug-likeness (QED) is 0.842. The lowest BCUT2D eigenvalue weighted by Crippen LogP contribution is -2.25. The molecule has 0 bridgehead atoms. The fourth-order valence-electron chi connectivity index (χ4n) is 2.60. The molecule has 1 saturated heterocycles. The Morgan fingerprint density at radius 2 is 2.19 bits per heavy atom. The van der Waals surface area contributed by atoms with Crippen molar-refractivity contribution in [2.75, 3.05) is 6.54 Å². The van der Waals surface area contributed by atoms with Gasteiger partial charge in [0, 0.05) is 30.3 Å². The van der Waals surface area contributed by atoms with Gasteiger partial charge in [0.25, 0.3) is 0 Å². The van der Waals surface area contributed by atoms with E-state index >= 15 is 0 Å². The summed E-state index contributed by atoms with van der Waals surface area (Å²) in [6.07, 6.45) is 9.51. The molecule has 86 valence electrons. The third kappa shape index (κ3) is 2.09. The van der Waals surface area contributed by atoms with Crippen LogP contribution in [0.1, 0.15) is 49.5 Å². The summed E-state index contributed by atoms with van der Waals surface area (Å²) < 4.78 is 0. The number of hydrogen-bond donors (Lipinski definition) is 1. The van der Waals surface area contributed by atoms with Crippen molar-refractivity contribution >= 4 is 0 Å². The molecule has 0 spiro atoms. The second-order valence-electron chi connectivity index (χ2n) is 5.02. The zero-order valence-corrected chi connectivity index (χ0v) is 9.65. The molecule has 0 aromatic carbocycles. The molecule has 1 saturated carbocycles. The minimum Gasteiger partial charge on any atom is -0.314 e. The molecule has 2 aliphatic rings. The van der Waals surface area contributed by atoms with Crippen LogP contribution in [0.4, 0.5) is 0 Å². The first kappa shape index (κ1) is 10.2. The van der Waals surface area contributed by atoms with Crippen LogP contribution < -0.4 is 5.32 Å². The molecule has 3 rings (SSSR count). The summed E-state index contributed by atoms with van der Waals surface area (Å²) in [5.41, 5.74) is 1.27. The summed E-state index contributed by atoms with van der Waals surface area (Å²) in [5, 5.41) is 3.50. The summed E-state index contributed by atoms with van der Waals surface area (Å²) >= 11 is 0. The molecular formula is C13H19N3. The number of hydrogen-bond acceptors (Lipinski definition) is 3. The fourth-order valence-corrected chi connectivity index (χ4v) is 2.60. The van der Waals surface area contributed by atoms with Gasteiger partial charge >= 0.3 is 0 Å². The van der Waals surface area contributed by atoms with Gasteiger partial charge in [-0.3, -0.25) is 0 Å². The van der Waals surface area contributed by atoms with Gasteiger partial charge in [-0.25, -0.2) is 9.97 Å². The van der Waals surface area contributed by atoms with E-state index < -0.39 is 0 Å². The third-order valence-electron chi connectivity index (χ3n) is 3.84. The van der Waals surface area contributed by atoms with E-state index in [9.17, 15) is 0 Å². The van der Waals surface area contributed by atoms with Gasteiger partial charge in [0.1, 0.15) is 5.82 Å². The second kappa shape index (κ2) is 4.50. The van der Waals surface area contributed by atoms with Crippen LogP contribution in [0.15, 0.2) is 12.3 Å². The Morgan fingerprint density at radius 3 is 2.88 bits per heavy atom. The Bertz CT molecular complexity index is 354. The minimum absolute atomic E-state index is 0.608. The fraction of sp³-hybridized carbons (Fsp3) is 0.692. The molecule has 0 amide bonds. The molecule has 2 fully saturated rings. The van der Waals surface area contributed by atoms with E-state index in [0.717, 1.165) is 24.7 Å². The van der Waals surface area contributed by atoms with Gasteiger partial charge in [0.2, 0.25) is 0 Å². The van der Waals surface area contributed by atoms with Crippen LogP contribution in [0, 0.1) is 0 Å². The van der Waals surface area contributed by atoms with Crippen LogP contribution >= 0.6 is 0 Å². The van der Waals surface area contributed by atoms with Crippen molar-refractivity contribution in [3.8, 4) is 0 Å². The number of rotatable bonds is 3. The molecule has 1 unspecified atom stereocenters. The number of nitrogens with one attached hydrogen (secondary N) is 1. The van der Waals surface area contributed by atoms with Crippen molar-refractivity contribution in [1.82, 2.24) is 15.3 Å². The molecule has 1 aliphatic heterocycles. The van der Waals surface area contributed by atoms with E-state index in [-0.39, 0.29) is 0 Å². The molecule has 1 aromatic heterocycles. The molecule has 1 aliphatic carbocycles. The molecule has 3 heteroatoms. The molecule has 16 heavy (non-hydrogen) atoms. The summed E-state index contributed by atoms with van der Waals surface area (Å²) in [5.74, 6) is 1.75. The standard InChI is InChI=1S/C13H19N3/c1-3-10(4-1)12-6-8-15-13(16-12)9-11-5-2-7-14-11/h6,8,10-11,14H,1-5,7,9H2. The molecule has 1 atom stereocenters. The highest BCUT2D eigenvalue weighted by Crippen LogP contribution is 2.34. The van der Waals surface area contributed by atoms with Crippen LogP contribution in [-0.4, -0.2) is 22.6 Å². The first-order chi connectivity index (χ1) is 7.92. The minimum atomic E-state index is 0.608. The van der Waals surface area contributed by atoms with Gasteiger partial charge in [-0.2, -0.15) is 0 Å². The predicted octanol–water partition coefficient (Wildman–Crippen LogP) is 2.04. The van der Waals surface area contributed by atoms with Crippen LogP contribution in [0.2, 0.25) is 0 Å². The van der Waals surface area contributed by atoms with Crippen molar-refractivity contribution in [1.29, 1.82) is 0 Å². The topological polar surface area (TPSA) is 37.8 Å². The highest BCUT2D eigenvalue weighted by Gasteiger charge is 2.22. The van der Waals surface area contributed by atoms with Crippen molar-refractivity contribution in [2.24, 2.45) is 0 Å². The Balaban J connectivity index is 1.68. The molecule has 3 nitrogen and oxygen atoms in total. The van der Waals surface area contributed by atoms with Crippen molar-refractivity contribution in [2.45, 2.75) is 50.5 Å². The molecule has 0 radical (unpaired) electrons. The maximum Gasteiger partial charge on any atom is 0.130 e. The molecule has 1 aromatic rings. The van der Waals surface area contributed by atoms with Gasteiger partial charge in [-0.15, -0.1) is 0 Å². The second-order valence-corrected chi connectivity index (χ2v) is 5.02. The van der Waals surface area contributed by atoms with Gasteiger partial charge in [0.15, 0.2) is 0 Å². The van der Waals surface area contributed by atoms with Crippen molar-refractivity contribution < 1.29 is 0 Å². The maximum atomic E-state index is 4.71. The van der Waals surface area contributed by atoms with E-state index in [4.69, 9.17) is 4.98 Å². The zero-order valence-electron chi connectivity index (χ0n) is 9.65. The Kier molecular flexibility index (Phi) is 2.87. The Hall–Kier alpha value is -0.960. The smallest absolute Gasteiger partial charge is 0.130 e.